The van der Waals surface area contributed by atoms with Crippen molar-refractivity contribution in [3.8, 4) is 11.4 Å². The van der Waals surface area contributed by atoms with E-state index in [4.69, 9.17) is 0 Å². The van der Waals surface area contributed by atoms with Crippen LogP contribution in [0.2, 0.25) is 0 Å². The van der Waals surface area contributed by atoms with E-state index in [-0.39, 0.29) is 11.8 Å². The highest BCUT2D eigenvalue weighted by Gasteiger charge is 2.40. The molecule has 8 heteroatoms. The molecule has 2 bridgehead atoms. The number of amides is 2. The second-order valence-electron chi connectivity index (χ2n) is 7.95. The van der Waals surface area contributed by atoms with Crippen molar-refractivity contribution in [1.29, 1.82) is 0 Å². The number of anilines is 1. The largest absolute Gasteiger partial charge is 0.352 e. The summed E-state index contributed by atoms with van der Waals surface area (Å²) in [6, 6.07) is 7.89. The van der Waals surface area contributed by atoms with E-state index in [0.717, 1.165) is 34.6 Å². The number of fused-ring (bicyclic) bond motifs is 2. The van der Waals surface area contributed by atoms with Crippen LogP contribution < -0.4 is 10.6 Å². The molecule has 0 radical (unpaired) electrons. The SMILES string of the molecule is CCn1c(SCC(=O)N[C@H]2C[C@@H]3CC[C@@H]2C3)nnc1-c1ccc(NC(C)=O)cc1. The molecule has 154 valence electrons. The average Bonchev–Trinajstić information content (AvgIpc) is 3.41. The predicted molar refractivity (Wildman–Crippen MR) is 114 cm³/mol. The van der Waals surface area contributed by atoms with E-state index in [1.54, 1.807) is 0 Å². The molecule has 0 saturated heterocycles. The van der Waals surface area contributed by atoms with Gasteiger partial charge in [-0.25, -0.2) is 0 Å². The van der Waals surface area contributed by atoms with Crippen LogP contribution in [0.5, 0.6) is 0 Å². The van der Waals surface area contributed by atoms with Crippen LogP contribution in [0, 0.1) is 11.8 Å². The summed E-state index contributed by atoms with van der Waals surface area (Å²) in [5.41, 5.74) is 1.67. The lowest BCUT2D eigenvalue weighted by atomic mass is 9.95. The number of nitrogens with zero attached hydrogens (tertiary/aromatic N) is 3. The number of carbonyl (C=O) groups is 2. The summed E-state index contributed by atoms with van der Waals surface area (Å²) in [6.45, 7) is 4.24. The van der Waals surface area contributed by atoms with Crippen LogP contribution in [0.25, 0.3) is 11.4 Å². The van der Waals surface area contributed by atoms with Crippen molar-refractivity contribution < 1.29 is 9.59 Å². The van der Waals surface area contributed by atoms with E-state index in [9.17, 15) is 9.59 Å². The number of hydrogen-bond acceptors (Lipinski definition) is 5. The summed E-state index contributed by atoms with van der Waals surface area (Å²) in [7, 11) is 0. The molecule has 1 heterocycles. The quantitative estimate of drug-likeness (QED) is 0.680. The fourth-order valence-corrected chi connectivity index (χ4v) is 5.41. The Kier molecular flexibility index (Phi) is 5.89. The highest BCUT2D eigenvalue weighted by Crippen LogP contribution is 2.44. The van der Waals surface area contributed by atoms with Crippen molar-refractivity contribution in [3.05, 3.63) is 24.3 Å². The maximum atomic E-state index is 12.4. The van der Waals surface area contributed by atoms with E-state index >= 15 is 0 Å². The molecule has 3 atom stereocenters. The highest BCUT2D eigenvalue weighted by molar-refractivity contribution is 7.99. The van der Waals surface area contributed by atoms with E-state index in [2.05, 4.69) is 20.8 Å². The molecule has 2 aliphatic rings. The standard InChI is InChI=1S/C21H27N5O2S/c1-3-26-20(15-6-8-17(9-7-15)22-13(2)27)24-25-21(26)29-12-19(28)23-18-11-14-4-5-16(18)10-14/h6-9,14,16,18H,3-5,10-12H2,1-2H3,(H,22,27)(H,23,28)/t14-,16-,18+/m1/s1. The van der Waals surface area contributed by atoms with Crippen LogP contribution in [0.1, 0.15) is 39.5 Å². The second-order valence-corrected chi connectivity index (χ2v) is 8.89. The van der Waals surface area contributed by atoms with Gasteiger partial charge >= 0.3 is 0 Å². The summed E-state index contributed by atoms with van der Waals surface area (Å²) < 4.78 is 2.02. The number of rotatable bonds is 7. The molecule has 2 aromatic rings. The van der Waals surface area contributed by atoms with Gasteiger partial charge in [-0.05, 0) is 62.3 Å². The van der Waals surface area contributed by atoms with E-state index < -0.39 is 0 Å². The van der Waals surface area contributed by atoms with Gasteiger partial charge in [-0.1, -0.05) is 18.2 Å². The molecule has 2 amide bonds. The first kappa shape index (κ1) is 19.9. The lowest BCUT2D eigenvalue weighted by Gasteiger charge is -2.22. The number of hydrogen-bond donors (Lipinski definition) is 2. The molecule has 0 unspecified atom stereocenters. The molecule has 2 N–H and O–H groups in total. The van der Waals surface area contributed by atoms with E-state index in [1.165, 1.54) is 37.9 Å². The predicted octanol–water partition coefficient (Wildman–Crippen LogP) is 3.32. The van der Waals surface area contributed by atoms with Gasteiger partial charge in [0.15, 0.2) is 11.0 Å². The maximum absolute atomic E-state index is 12.4. The topological polar surface area (TPSA) is 88.9 Å². The molecule has 2 aliphatic carbocycles. The van der Waals surface area contributed by atoms with Gasteiger partial charge in [0.25, 0.3) is 0 Å². The molecule has 0 aliphatic heterocycles. The summed E-state index contributed by atoms with van der Waals surface area (Å²) in [5, 5.41) is 15.4. The van der Waals surface area contributed by atoms with Crippen LogP contribution in [0.4, 0.5) is 5.69 Å². The average molecular weight is 414 g/mol. The first-order valence-corrected chi connectivity index (χ1v) is 11.3. The molecule has 1 aromatic carbocycles. The third kappa shape index (κ3) is 4.47. The van der Waals surface area contributed by atoms with Gasteiger partial charge in [-0.2, -0.15) is 0 Å². The maximum Gasteiger partial charge on any atom is 0.230 e. The zero-order chi connectivity index (χ0) is 20.4. The molecular weight excluding hydrogens is 386 g/mol. The summed E-state index contributed by atoms with van der Waals surface area (Å²) in [4.78, 5) is 23.6. The number of aromatic nitrogens is 3. The van der Waals surface area contributed by atoms with Gasteiger partial charge in [0.2, 0.25) is 11.8 Å². The van der Waals surface area contributed by atoms with Crippen LogP contribution >= 0.6 is 11.8 Å². The van der Waals surface area contributed by atoms with Crippen molar-refractivity contribution in [1.82, 2.24) is 20.1 Å². The number of nitrogens with one attached hydrogen (secondary N) is 2. The van der Waals surface area contributed by atoms with Crippen molar-refractivity contribution in [3.63, 3.8) is 0 Å². The van der Waals surface area contributed by atoms with Crippen molar-refractivity contribution in [2.24, 2.45) is 11.8 Å². The Morgan fingerprint density at radius 1 is 1.17 bits per heavy atom. The van der Waals surface area contributed by atoms with Gasteiger partial charge in [0.1, 0.15) is 0 Å². The zero-order valence-corrected chi connectivity index (χ0v) is 17.7. The fourth-order valence-electron chi connectivity index (χ4n) is 4.60. The van der Waals surface area contributed by atoms with Crippen molar-refractivity contribution >= 4 is 29.3 Å². The minimum atomic E-state index is -0.100. The molecule has 0 spiro atoms. The second kappa shape index (κ2) is 8.57. The Labute approximate surface area is 175 Å². The van der Waals surface area contributed by atoms with Crippen molar-refractivity contribution in [2.45, 2.75) is 57.3 Å². The third-order valence-corrected chi connectivity index (χ3v) is 6.88. The molecule has 4 rings (SSSR count). The number of carbonyl (C=O) groups excluding carboxylic acids is 2. The van der Waals surface area contributed by atoms with Crippen LogP contribution in [-0.4, -0.2) is 38.4 Å². The molecule has 29 heavy (non-hydrogen) atoms. The van der Waals surface area contributed by atoms with Crippen molar-refractivity contribution in [2.75, 3.05) is 11.1 Å². The lowest BCUT2D eigenvalue weighted by molar-refractivity contribution is -0.119. The molecular formula is C21H27N5O2S. The van der Waals surface area contributed by atoms with Crippen LogP contribution in [0.15, 0.2) is 29.4 Å². The Balaban J connectivity index is 1.38. The van der Waals surface area contributed by atoms with E-state index in [1.807, 2.05) is 35.8 Å². The molecule has 1 aromatic heterocycles. The number of benzene rings is 1. The Hall–Kier alpha value is -2.35. The van der Waals surface area contributed by atoms with Gasteiger partial charge in [-0.3, -0.25) is 9.59 Å². The molecule has 2 fully saturated rings. The van der Waals surface area contributed by atoms with Gasteiger partial charge in [0.05, 0.1) is 5.75 Å². The summed E-state index contributed by atoms with van der Waals surface area (Å²) in [5.74, 6) is 2.60. The highest BCUT2D eigenvalue weighted by atomic mass is 32.2. The smallest absolute Gasteiger partial charge is 0.230 e. The fraction of sp³-hybridized carbons (Fsp3) is 0.524. The first-order valence-electron chi connectivity index (χ1n) is 10.3. The summed E-state index contributed by atoms with van der Waals surface area (Å²) >= 11 is 1.43. The minimum absolute atomic E-state index is 0.0828. The Morgan fingerprint density at radius 3 is 2.59 bits per heavy atom. The van der Waals surface area contributed by atoms with Gasteiger partial charge in [0, 0.05) is 30.8 Å². The molecule has 2 saturated carbocycles. The van der Waals surface area contributed by atoms with Crippen LogP contribution in [-0.2, 0) is 16.1 Å². The molecule has 7 nitrogen and oxygen atoms in total. The lowest BCUT2D eigenvalue weighted by Crippen LogP contribution is -2.39. The minimum Gasteiger partial charge on any atom is -0.352 e. The Morgan fingerprint density at radius 2 is 1.97 bits per heavy atom. The first-order chi connectivity index (χ1) is 14.0. The monoisotopic (exact) mass is 413 g/mol. The third-order valence-electron chi connectivity index (χ3n) is 5.91. The van der Waals surface area contributed by atoms with Gasteiger partial charge in [-0.15, -0.1) is 10.2 Å². The normalized spacial score (nSPS) is 22.6. The van der Waals surface area contributed by atoms with Gasteiger partial charge < -0.3 is 15.2 Å². The number of thioether (sulfide) groups is 1. The summed E-state index contributed by atoms with van der Waals surface area (Å²) in [6.07, 6.45) is 5.02. The van der Waals surface area contributed by atoms with E-state index in [0.29, 0.717) is 24.3 Å². The Bertz CT molecular complexity index is 895. The zero-order valence-electron chi connectivity index (χ0n) is 16.9. The van der Waals surface area contributed by atoms with Crippen LogP contribution in [0.3, 0.4) is 0 Å².